The average Bonchev–Trinajstić information content (AvgIpc) is 2.98. The first-order valence-electron chi connectivity index (χ1n) is 10.3. The van der Waals surface area contributed by atoms with Gasteiger partial charge in [-0.15, -0.1) is 0 Å². The number of benzene rings is 2. The second-order valence-electron chi connectivity index (χ2n) is 9.58. The molecule has 5 heteroatoms. The molecule has 0 bridgehead atoms. The third-order valence-electron chi connectivity index (χ3n) is 6.30. The van der Waals surface area contributed by atoms with Gasteiger partial charge in [0.2, 0.25) is 0 Å². The van der Waals surface area contributed by atoms with Gasteiger partial charge in [0.15, 0.2) is 0 Å². The van der Waals surface area contributed by atoms with Gasteiger partial charge in [-0.3, -0.25) is 14.9 Å². The fraction of sp³-hybridized carbons (Fsp3) is 0.360. The maximum atomic E-state index is 11.8. The Morgan fingerprint density at radius 3 is 2.30 bits per heavy atom. The summed E-state index contributed by atoms with van der Waals surface area (Å²) in [6.07, 6.45) is 4.13. The quantitative estimate of drug-likeness (QED) is 0.563. The molecule has 4 nitrogen and oxygen atoms in total. The van der Waals surface area contributed by atoms with E-state index in [1.807, 2.05) is 24.3 Å². The fourth-order valence-corrected chi connectivity index (χ4v) is 4.97. The number of carbonyl (C=O) groups excluding carboxylic acids is 2. The van der Waals surface area contributed by atoms with Gasteiger partial charge in [-0.25, -0.2) is 0 Å². The molecule has 0 unspecified atom stereocenters. The van der Waals surface area contributed by atoms with E-state index in [1.165, 1.54) is 29.5 Å². The van der Waals surface area contributed by atoms with Crippen LogP contribution in [0.2, 0.25) is 0 Å². The van der Waals surface area contributed by atoms with Crippen molar-refractivity contribution in [3.05, 3.63) is 63.6 Å². The van der Waals surface area contributed by atoms with Gasteiger partial charge < -0.3 is 5.32 Å². The van der Waals surface area contributed by atoms with Gasteiger partial charge in [0, 0.05) is 11.4 Å². The number of aryl methyl sites for hydroxylation is 1. The molecule has 30 heavy (non-hydrogen) atoms. The molecule has 0 saturated carbocycles. The minimum Gasteiger partial charge on any atom is -0.355 e. The molecule has 1 aliphatic carbocycles. The normalized spacial score (nSPS) is 20.8. The van der Waals surface area contributed by atoms with Crippen molar-refractivity contribution < 1.29 is 9.59 Å². The zero-order chi connectivity index (χ0) is 21.7. The van der Waals surface area contributed by atoms with E-state index in [1.54, 1.807) is 6.08 Å². The Hall–Kier alpha value is -2.53. The van der Waals surface area contributed by atoms with Crippen LogP contribution < -0.4 is 10.6 Å². The van der Waals surface area contributed by atoms with Crippen LogP contribution in [-0.4, -0.2) is 11.1 Å². The molecular weight excluding hydrogens is 392 g/mol. The molecule has 1 saturated heterocycles. The minimum absolute atomic E-state index is 0.154. The van der Waals surface area contributed by atoms with Crippen molar-refractivity contribution in [2.75, 3.05) is 5.32 Å². The Bertz CT molecular complexity index is 1080. The summed E-state index contributed by atoms with van der Waals surface area (Å²) in [7, 11) is 0. The molecule has 0 radical (unpaired) electrons. The van der Waals surface area contributed by atoms with Crippen LogP contribution in [0.4, 0.5) is 16.2 Å². The number of anilines is 2. The van der Waals surface area contributed by atoms with E-state index in [9.17, 15) is 9.59 Å². The molecule has 156 valence electrons. The number of rotatable bonds is 3. The second kappa shape index (κ2) is 7.31. The Balaban J connectivity index is 1.67. The third-order valence-corrected chi connectivity index (χ3v) is 7.11. The van der Waals surface area contributed by atoms with E-state index in [-0.39, 0.29) is 22.0 Å². The molecule has 2 amide bonds. The SMILES string of the molecule is Cc1cc2c(cc1Nc1cccc(/C=C3\SC(=O)NC3=O)c1)C(C)(C)CCC2(C)C. The van der Waals surface area contributed by atoms with Crippen molar-refractivity contribution in [2.45, 2.75) is 58.3 Å². The lowest BCUT2D eigenvalue weighted by Gasteiger charge is -2.42. The number of hydrogen-bond donors (Lipinski definition) is 2. The van der Waals surface area contributed by atoms with Crippen LogP contribution in [0.25, 0.3) is 6.08 Å². The second-order valence-corrected chi connectivity index (χ2v) is 10.6. The van der Waals surface area contributed by atoms with Gasteiger partial charge in [-0.2, -0.15) is 0 Å². The number of amides is 2. The lowest BCUT2D eigenvalue weighted by atomic mass is 9.63. The smallest absolute Gasteiger partial charge is 0.290 e. The molecule has 0 aromatic heterocycles. The largest absolute Gasteiger partial charge is 0.355 e. The highest BCUT2D eigenvalue weighted by Gasteiger charge is 2.37. The predicted molar refractivity (Wildman–Crippen MR) is 125 cm³/mol. The predicted octanol–water partition coefficient (Wildman–Crippen LogP) is 6.41. The van der Waals surface area contributed by atoms with E-state index in [4.69, 9.17) is 0 Å². The highest BCUT2D eigenvalue weighted by Crippen LogP contribution is 2.47. The van der Waals surface area contributed by atoms with Crippen molar-refractivity contribution in [1.82, 2.24) is 5.32 Å². The van der Waals surface area contributed by atoms with E-state index < -0.39 is 0 Å². The van der Waals surface area contributed by atoms with E-state index in [0.29, 0.717) is 4.91 Å². The molecule has 1 aliphatic heterocycles. The summed E-state index contributed by atoms with van der Waals surface area (Å²) < 4.78 is 0. The Morgan fingerprint density at radius 1 is 1.00 bits per heavy atom. The number of fused-ring (bicyclic) bond motifs is 1. The van der Waals surface area contributed by atoms with E-state index >= 15 is 0 Å². The summed E-state index contributed by atoms with van der Waals surface area (Å²) >= 11 is 0.937. The number of nitrogens with one attached hydrogen (secondary N) is 2. The maximum absolute atomic E-state index is 11.8. The number of hydrogen-bond acceptors (Lipinski definition) is 4. The Kier molecular flexibility index (Phi) is 5.05. The van der Waals surface area contributed by atoms with Gasteiger partial charge in [-0.1, -0.05) is 45.9 Å². The lowest BCUT2D eigenvalue weighted by Crippen LogP contribution is -2.34. The summed E-state index contributed by atoms with van der Waals surface area (Å²) in [5.41, 5.74) is 7.38. The Labute approximate surface area is 182 Å². The number of imide groups is 1. The molecule has 2 aromatic carbocycles. The van der Waals surface area contributed by atoms with Crippen LogP contribution in [0, 0.1) is 6.92 Å². The van der Waals surface area contributed by atoms with Crippen LogP contribution in [-0.2, 0) is 15.6 Å². The topological polar surface area (TPSA) is 58.2 Å². The fourth-order valence-electron chi connectivity index (χ4n) is 4.29. The van der Waals surface area contributed by atoms with Crippen molar-refractivity contribution in [1.29, 1.82) is 0 Å². The zero-order valence-electron chi connectivity index (χ0n) is 18.2. The van der Waals surface area contributed by atoms with Crippen molar-refractivity contribution in [2.24, 2.45) is 0 Å². The van der Waals surface area contributed by atoms with Gasteiger partial charge in [0.25, 0.3) is 11.1 Å². The molecule has 1 fully saturated rings. The minimum atomic E-state index is -0.334. The first-order chi connectivity index (χ1) is 14.0. The molecule has 1 heterocycles. The molecule has 2 aliphatic rings. The molecule has 0 atom stereocenters. The van der Waals surface area contributed by atoms with Crippen LogP contribution in [0.3, 0.4) is 0 Å². The number of carbonyl (C=O) groups is 2. The standard InChI is InChI=1S/C25H28N2O2S/c1-15-11-18-19(25(4,5)10-9-24(18,2)3)14-20(15)26-17-8-6-7-16(12-17)13-21-22(28)27-23(29)30-21/h6-8,11-14,26H,9-10H2,1-5H3,(H,27,28,29)/b21-13-. The van der Waals surface area contributed by atoms with Gasteiger partial charge in [-0.05, 0) is 88.9 Å². The lowest BCUT2D eigenvalue weighted by molar-refractivity contribution is -0.115. The average molecular weight is 421 g/mol. The summed E-state index contributed by atoms with van der Waals surface area (Å²) in [5.74, 6) is -0.334. The van der Waals surface area contributed by atoms with Crippen LogP contribution in [0.15, 0.2) is 41.3 Å². The van der Waals surface area contributed by atoms with Gasteiger partial charge in [0.05, 0.1) is 4.91 Å². The van der Waals surface area contributed by atoms with Crippen LogP contribution in [0.1, 0.15) is 62.8 Å². The van der Waals surface area contributed by atoms with E-state index in [0.717, 1.165) is 28.7 Å². The van der Waals surface area contributed by atoms with Crippen molar-refractivity contribution in [3.8, 4) is 0 Å². The highest BCUT2D eigenvalue weighted by atomic mass is 32.2. The molecule has 0 spiro atoms. The van der Waals surface area contributed by atoms with Crippen molar-refractivity contribution in [3.63, 3.8) is 0 Å². The summed E-state index contributed by atoms with van der Waals surface area (Å²) in [4.78, 5) is 23.6. The summed E-state index contributed by atoms with van der Waals surface area (Å²) in [5, 5.41) is 5.54. The number of thioether (sulfide) groups is 1. The summed E-state index contributed by atoms with van der Waals surface area (Å²) in [6, 6.07) is 12.6. The van der Waals surface area contributed by atoms with Gasteiger partial charge in [0.1, 0.15) is 0 Å². The Morgan fingerprint density at radius 2 is 1.67 bits per heavy atom. The van der Waals surface area contributed by atoms with Crippen LogP contribution >= 0.6 is 11.8 Å². The molecular formula is C25H28N2O2S. The monoisotopic (exact) mass is 420 g/mol. The van der Waals surface area contributed by atoms with Gasteiger partial charge >= 0.3 is 0 Å². The summed E-state index contributed by atoms with van der Waals surface area (Å²) in [6.45, 7) is 11.5. The first-order valence-corrected chi connectivity index (χ1v) is 11.1. The van der Waals surface area contributed by atoms with E-state index in [2.05, 4.69) is 57.4 Å². The third kappa shape index (κ3) is 3.91. The van der Waals surface area contributed by atoms with Crippen molar-refractivity contribution >= 4 is 40.4 Å². The highest BCUT2D eigenvalue weighted by molar-refractivity contribution is 8.18. The molecule has 2 aromatic rings. The zero-order valence-corrected chi connectivity index (χ0v) is 19.0. The molecule has 2 N–H and O–H groups in total. The van der Waals surface area contributed by atoms with Crippen LogP contribution in [0.5, 0.6) is 0 Å². The maximum Gasteiger partial charge on any atom is 0.290 e. The first kappa shape index (κ1) is 20.7. The molecule has 4 rings (SSSR count).